The van der Waals surface area contributed by atoms with Gasteiger partial charge in [0.25, 0.3) is 0 Å². The second-order valence-electron chi connectivity index (χ2n) is 6.01. The SMILES string of the molecule is CCOC(=O)[C@@H](C)Oc1c(-c2ccco2)oc2cc(C)c(C)cc2c1=O. The van der Waals surface area contributed by atoms with Gasteiger partial charge in [0.2, 0.25) is 16.9 Å². The lowest BCUT2D eigenvalue weighted by Crippen LogP contribution is -2.28. The van der Waals surface area contributed by atoms with Gasteiger partial charge in [0.05, 0.1) is 18.3 Å². The summed E-state index contributed by atoms with van der Waals surface area (Å²) >= 11 is 0. The van der Waals surface area contributed by atoms with Crippen LogP contribution in [0.15, 0.2) is 44.2 Å². The molecule has 0 spiro atoms. The van der Waals surface area contributed by atoms with E-state index in [9.17, 15) is 9.59 Å². The molecule has 26 heavy (non-hydrogen) atoms. The van der Waals surface area contributed by atoms with E-state index in [2.05, 4.69) is 0 Å². The summed E-state index contributed by atoms with van der Waals surface area (Å²) in [6.07, 6.45) is 0.508. The maximum absolute atomic E-state index is 13.0. The summed E-state index contributed by atoms with van der Waals surface area (Å²) in [5.74, 6) is -0.145. The van der Waals surface area contributed by atoms with Crippen LogP contribution in [0.25, 0.3) is 22.5 Å². The molecule has 0 N–H and O–H groups in total. The van der Waals surface area contributed by atoms with Gasteiger partial charge in [-0.05, 0) is 63.1 Å². The monoisotopic (exact) mass is 356 g/mol. The quantitative estimate of drug-likeness (QED) is 0.643. The zero-order valence-electron chi connectivity index (χ0n) is 15.1. The van der Waals surface area contributed by atoms with E-state index in [1.54, 1.807) is 31.2 Å². The zero-order valence-corrected chi connectivity index (χ0v) is 15.1. The summed E-state index contributed by atoms with van der Waals surface area (Å²) in [7, 11) is 0. The molecule has 6 nitrogen and oxygen atoms in total. The van der Waals surface area contributed by atoms with E-state index in [0.29, 0.717) is 16.7 Å². The molecule has 0 amide bonds. The first-order chi connectivity index (χ1) is 12.4. The van der Waals surface area contributed by atoms with Gasteiger partial charge in [0.1, 0.15) is 5.58 Å². The maximum atomic E-state index is 13.0. The number of hydrogen-bond acceptors (Lipinski definition) is 6. The molecule has 0 radical (unpaired) electrons. The van der Waals surface area contributed by atoms with Crippen molar-refractivity contribution in [1.29, 1.82) is 0 Å². The average molecular weight is 356 g/mol. The Kier molecular flexibility index (Phi) is 4.84. The lowest BCUT2D eigenvalue weighted by Gasteiger charge is -2.15. The molecular weight excluding hydrogens is 336 g/mol. The zero-order chi connectivity index (χ0) is 18.8. The summed E-state index contributed by atoms with van der Waals surface area (Å²) in [6, 6.07) is 6.90. The third kappa shape index (κ3) is 3.22. The van der Waals surface area contributed by atoms with Crippen LogP contribution in [0.5, 0.6) is 5.75 Å². The lowest BCUT2D eigenvalue weighted by atomic mass is 10.1. The van der Waals surface area contributed by atoms with Gasteiger partial charge in [-0.3, -0.25) is 4.79 Å². The summed E-state index contributed by atoms with van der Waals surface area (Å²) in [6.45, 7) is 7.30. The first-order valence-electron chi connectivity index (χ1n) is 8.37. The van der Waals surface area contributed by atoms with Gasteiger partial charge < -0.3 is 18.3 Å². The summed E-state index contributed by atoms with van der Waals surface area (Å²) in [5, 5.41) is 0.384. The van der Waals surface area contributed by atoms with Crippen LogP contribution in [0.1, 0.15) is 25.0 Å². The second-order valence-corrected chi connectivity index (χ2v) is 6.01. The minimum absolute atomic E-state index is 0.0729. The molecule has 0 aliphatic heterocycles. The summed E-state index contributed by atoms with van der Waals surface area (Å²) < 4.78 is 21.9. The number of carbonyl (C=O) groups excluding carboxylic acids is 1. The van der Waals surface area contributed by atoms with Crippen LogP contribution in [0, 0.1) is 13.8 Å². The highest BCUT2D eigenvalue weighted by molar-refractivity contribution is 5.83. The van der Waals surface area contributed by atoms with E-state index in [4.69, 9.17) is 18.3 Å². The van der Waals surface area contributed by atoms with Crippen molar-refractivity contribution in [2.24, 2.45) is 0 Å². The Balaban J connectivity index is 2.20. The van der Waals surface area contributed by atoms with Crippen LogP contribution >= 0.6 is 0 Å². The number of carbonyl (C=O) groups is 1. The molecule has 3 rings (SSSR count). The molecule has 6 heteroatoms. The molecule has 0 aliphatic carbocycles. The number of fused-ring (bicyclic) bond motifs is 1. The first kappa shape index (κ1) is 17.8. The van der Waals surface area contributed by atoms with Crippen LogP contribution in [0.4, 0.5) is 0 Å². The predicted molar refractivity (Wildman–Crippen MR) is 96.4 cm³/mol. The highest BCUT2D eigenvalue weighted by Crippen LogP contribution is 2.32. The number of rotatable bonds is 5. The van der Waals surface area contributed by atoms with E-state index in [-0.39, 0.29) is 23.5 Å². The molecular formula is C20H20O6. The molecule has 0 unspecified atom stereocenters. The Morgan fingerprint density at radius 1 is 1.23 bits per heavy atom. The van der Waals surface area contributed by atoms with Crippen molar-refractivity contribution in [3.63, 3.8) is 0 Å². The minimum Gasteiger partial charge on any atom is -0.471 e. The fourth-order valence-corrected chi connectivity index (χ4v) is 2.59. The molecule has 2 heterocycles. The predicted octanol–water partition coefficient (Wildman–Crippen LogP) is 4.00. The topological polar surface area (TPSA) is 78.9 Å². The Hall–Kier alpha value is -3.02. The van der Waals surface area contributed by atoms with Crippen LogP contribution in [-0.4, -0.2) is 18.7 Å². The molecule has 0 aliphatic rings. The van der Waals surface area contributed by atoms with E-state index in [1.807, 2.05) is 13.8 Å². The van der Waals surface area contributed by atoms with Crippen LogP contribution in [0.3, 0.4) is 0 Å². The molecule has 136 valence electrons. The highest BCUT2D eigenvalue weighted by atomic mass is 16.6. The lowest BCUT2D eigenvalue weighted by molar-refractivity contribution is -0.150. The smallest absolute Gasteiger partial charge is 0.347 e. The van der Waals surface area contributed by atoms with Gasteiger partial charge in [-0.1, -0.05) is 0 Å². The van der Waals surface area contributed by atoms with Crippen LogP contribution in [-0.2, 0) is 9.53 Å². The maximum Gasteiger partial charge on any atom is 0.347 e. The van der Waals surface area contributed by atoms with E-state index < -0.39 is 12.1 Å². The van der Waals surface area contributed by atoms with E-state index in [0.717, 1.165) is 11.1 Å². The first-order valence-corrected chi connectivity index (χ1v) is 8.37. The van der Waals surface area contributed by atoms with Gasteiger partial charge in [-0.15, -0.1) is 0 Å². The van der Waals surface area contributed by atoms with Crippen molar-refractivity contribution in [2.75, 3.05) is 6.61 Å². The molecule has 1 atom stereocenters. The largest absolute Gasteiger partial charge is 0.471 e. The Morgan fingerprint density at radius 2 is 1.96 bits per heavy atom. The van der Waals surface area contributed by atoms with E-state index >= 15 is 0 Å². The Bertz CT molecular complexity index is 997. The number of hydrogen-bond donors (Lipinski definition) is 0. The van der Waals surface area contributed by atoms with Crippen molar-refractivity contribution in [3.05, 3.63) is 51.9 Å². The van der Waals surface area contributed by atoms with Crippen molar-refractivity contribution in [1.82, 2.24) is 0 Å². The molecule has 1 aromatic carbocycles. The van der Waals surface area contributed by atoms with Gasteiger partial charge in [-0.2, -0.15) is 0 Å². The normalized spacial score (nSPS) is 12.2. The molecule has 0 fully saturated rings. The number of esters is 1. The molecule has 3 aromatic rings. The van der Waals surface area contributed by atoms with Crippen LogP contribution < -0.4 is 10.2 Å². The molecule has 0 saturated heterocycles. The van der Waals surface area contributed by atoms with Gasteiger partial charge in [-0.25, -0.2) is 4.79 Å². The molecule has 0 saturated carbocycles. The summed E-state index contributed by atoms with van der Waals surface area (Å²) in [4.78, 5) is 25.0. The van der Waals surface area contributed by atoms with E-state index in [1.165, 1.54) is 13.2 Å². The molecule has 2 aromatic heterocycles. The Morgan fingerprint density at radius 3 is 2.62 bits per heavy atom. The average Bonchev–Trinajstić information content (AvgIpc) is 3.13. The minimum atomic E-state index is -0.962. The fourth-order valence-electron chi connectivity index (χ4n) is 2.59. The second kappa shape index (κ2) is 7.07. The number of ether oxygens (including phenoxy) is 2. The van der Waals surface area contributed by atoms with Gasteiger partial charge in [0, 0.05) is 0 Å². The van der Waals surface area contributed by atoms with Crippen LogP contribution in [0.2, 0.25) is 0 Å². The Labute approximate surface area is 150 Å². The number of benzene rings is 1. The highest BCUT2D eigenvalue weighted by Gasteiger charge is 2.25. The number of furan rings is 1. The van der Waals surface area contributed by atoms with Gasteiger partial charge in [0.15, 0.2) is 11.9 Å². The van der Waals surface area contributed by atoms with Crippen molar-refractivity contribution in [3.8, 4) is 17.3 Å². The van der Waals surface area contributed by atoms with Gasteiger partial charge >= 0.3 is 5.97 Å². The molecule has 0 bridgehead atoms. The fraction of sp³-hybridized carbons (Fsp3) is 0.300. The third-order valence-electron chi connectivity index (χ3n) is 4.12. The third-order valence-corrected chi connectivity index (χ3v) is 4.12. The van der Waals surface area contributed by atoms with Crippen molar-refractivity contribution in [2.45, 2.75) is 33.8 Å². The number of aryl methyl sites for hydroxylation is 2. The standard InChI is InChI=1S/C20H20O6/c1-5-23-20(22)13(4)25-19-17(21)14-9-11(2)12(3)10-16(14)26-18(19)15-7-6-8-24-15/h6-10,13H,5H2,1-4H3/t13-/m1/s1. The van der Waals surface area contributed by atoms with Crippen molar-refractivity contribution < 1.29 is 23.1 Å². The van der Waals surface area contributed by atoms with Crippen molar-refractivity contribution >= 4 is 16.9 Å². The summed E-state index contributed by atoms with van der Waals surface area (Å²) in [5.41, 5.74) is 2.03.